The monoisotopic (exact) mass is 269 g/mol. The van der Waals surface area contributed by atoms with E-state index in [9.17, 15) is 5.11 Å². The summed E-state index contributed by atoms with van der Waals surface area (Å²) >= 11 is 5.84. The first-order valence-corrected chi connectivity index (χ1v) is 7.26. The highest BCUT2D eigenvalue weighted by Gasteiger charge is 2.10. The maximum absolute atomic E-state index is 10.1. The second-order valence-corrected chi connectivity index (χ2v) is 5.28. The minimum atomic E-state index is -0.464. The number of halogens is 1. The van der Waals surface area contributed by atoms with Gasteiger partial charge in [-0.05, 0) is 18.6 Å². The third kappa shape index (κ3) is 5.28. The number of benzene rings is 1. The highest BCUT2D eigenvalue weighted by Crippen LogP contribution is 2.27. The zero-order valence-electron chi connectivity index (χ0n) is 11.2. The van der Waals surface area contributed by atoms with E-state index in [2.05, 4.69) is 6.92 Å². The van der Waals surface area contributed by atoms with Crippen LogP contribution in [0.15, 0.2) is 18.2 Å². The van der Waals surface area contributed by atoms with Crippen molar-refractivity contribution in [2.24, 2.45) is 0 Å². The molecule has 0 aliphatic carbocycles. The van der Waals surface area contributed by atoms with Crippen LogP contribution in [0, 0.1) is 0 Å². The van der Waals surface area contributed by atoms with E-state index in [1.807, 2.05) is 6.07 Å². The van der Waals surface area contributed by atoms with Crippen molar-refractivity contribution in [1.29, 1.82) is 0 Å². The van der Waals surface area contributed by atoms with Gasteiger partial charge in [-0.2, -0.15) is 0 Å². The summed E-state index contributed by atoms with van der Waals surface area (Å²) in [7, 11) is 0. The number of hydrogen-bond donors (Lipinski definition) is 2. The van der Waals surface area contributed by atoms with Crippen LogP contribution in [0.25, 0.3) is 0 Å². The van der Waals surface area contributed by atoms with Crippen LogP contribution in [-0.4, -0.2) is 5.11 Å². The van der Waals surface area contributed by atoms with Crippen LogP contribution >= 0.6 is 11.6 Å². The molecule has 1 unspecified atom stereocenters. The highest BCUT2D eigenvalue weighted by atomic mass is 35.5. The number of unbranched alkanes of at least 4 members (excludes halogenated alkanes) is 5. The second-order valence-electron chi connectivity index (χ2n) is 4.85. The van der Waals surface area contributed by atoms with Gasteiger partial charge in [0.2, 0.25) is 0 Å². The molecule has 102 valence electrons. The largest absolute Gasteiger partial charge is 0.398 e. The Balaban J connectivity index is 2.29. The summed E-state index contributed by atoms with van der Waals surface area (Å²) in [5.41, 5.74) is 7.23. The van der Waals surface area contributed by atoms with Crippen LogP contribution in [0.1, 0.15) is 63.5 Å². The van der Waals surface area contributed by atoms with Gasteiger partial charge in [-0.15, -0.1) is 0 Å². The average molecular weight is 270 g/mol. The van der Waals surface area contributed by atoms with Gasteiger partial charge in [-0.1, -0.05) is 63.1 Å². The van der Waals surface area contributed by atoms with E-state index in [0.717, 1.165) is 18.4 Å². The van der Waals surface area contributed by atoms with Gasteiger partial charge in [0.1, 0.15) is 0 Å². The number of nitrogen functional groups attached to an aromatic ring is 1. The molecule has 3 heteroatoms. The van der Waals surface area contributed by atoms with Gasteiger partial charge in [0.25, 0.3) is 0 Å². The summed E-state index contributed by atoms with van der Waals surface area (Å²) in [6, 6.07) is 5.29. The first-order chi connectivity index (χ1) is 8.65. The Labute approximate surface area is 115 Å². The molecule has 1 rings (SSSR count). The maximum atomic E-state index is 10.1. The predicted octanol–water partition coefficient (Wildman–Crippen LogP) is 4.71. The van der Waals surface area contributed by atoms with E-state index in [0.29, 0.717) is 10.7 Å². The lowest BCUT2D eigenvalue weighted by atomic mass is 10.0. The van der Waals surface area contributed by atoms with Gasteiger partial charge in [0.05, 0.1) is 6.10 Å². The Hall–Kier alpha value is -0.730. The minimum absolute atomic E-state index is 0.464. The van der Waals surface area contributed by atoms with Gasteiger partial charge in [0.15, 0.2) is 0 Å². The fourth-order valence-electron chi connectivity index (χ4n) is 2.12. The summed E-state index contributed by atoms with van der Waals surface area (Å²) in [6.07, 6.45) is 7.69. The van der Waals surface area contributed by atoms with E-state index < -0.39 is 6.10 Å². The highest BCUT2D eigenvalue weighted by molar-refractivity contribution is 6.30. The first-order valence-electron chi connectivity index (χ1n) is 6.88. The zero-order chi connectivity index (χ0) is 13.4. The SMILES string of the molecule is CCCCCCCCC(O)c1ccc(Cl)cc1N. The standard InChI is InChI=1S/C15H24ClNO/c1-2-3-4-5-6-7-8-15(18)13-10-9-12(16)11-14(13)17/h9-11,15,18H,2-8,17H2,1H3. The van der Waals surface area contributed by atoms with Gasteiger partial charge < -0.3 is 10.8 Å². The lowest BCUT2D eigenvalue weighted by molar-refractivity contribution is 0.164. The van der Waals surface area contributed by atoms with Crippen LogP contribution in [0.2, 0.25) is 5.02 Å². The second kappa shape index (κ2) is 8.39. The molecule has 0 bridgehead atoms. The summed E-state index contributed by atoms with van der Waals surface area (Å²) in [5.74, 6) is 0. The number of rotatable bonds is 8. The molecule has 0 fully saturated rings. The third-order valence-electron chi connectivity index (χ3n) is 3.24. The molecule has 1 atom stereocenters. The van der Waals surface area contributed by atoms with Crippen molar-refractivity contribution in [1.82, 2.24) is 0 Å². The predicted molar refractivity (Wildman–Crippen MR) is 78.8 cm³/mol. The number of aliphatic hydroxyl groups is 1. The number of nitrogens with two attached hydrogens (primary N) is 1. The number of hydrogen-bond acceptors (Lipinski definition) is 2. The van der Waals surface area contributed by atoms with Crippen molar-refractivity contribution in [2.45, 2.75) is 58.0 Å². The summed E-state index contributed by atoms with van der Waals surface area (Å²) in [6.45, 7) is 2.22. The Morgan fingerprint density at radius 2 is 1.83 bits per heavy atom. The zero-order valence-corrected chi connectivity index (χ0v) is 11.9. The van der Waals surface area contributed by atoms with Gasteiger partial charge >= 0.3 is 0 Å². The number of aliphatic hydroxyl groups excluding tert-OH is 1. The van der Waals surface area contributed by atoms with Crippen LogP contribution in [0.5, 0.6) is 0 Å². The smallest absolute Gasteiger partial charge is 0.0809 e. The van der Waals surface area contributed by atoms with Crippen molar-refractivity contribution < 1.29 is 5.11 Å². The average Bonchev–Trinajstić information content (AvgIpc) is 2.33. The quantitative estimate of drug-likeness (QED) is 0.530. The minimum Gasteiger partial charge on any atom is -0.398 e. The molecule has 0 aliphatic heterocycles. The molecule has 2 nitrogen and oxygen atoms in total. The Morgan fingerprint density at radius 1 is 1.17 bits per heavy atom. The molecule has 0 spiro atoms. The molecule has 3 N–H and O–H groups in total. The van der Waals surface area contributed by atoms with E-state index >= 15 is 0 Å². The summed E-state index contributed by atoms with van der Waals surface area (Å²) in [4.78, 5) is 0. The summed E-state index contributed by atoms with van der Waals surface area (Å²) < 4.78 is 0. The van der Waals surface area contributed by atoms with Crippen molar-refractivity contribution >= 4 is 17.3 Å². The molecule has 0 aromatic heterocycles. The van der Waals surface area contributed by atoms with Crippen molar-refractivity contribution in [2.75, 3.05) is 5.73 Å². The van der Waals surface area contributed by atoms with E-state index in [1.165, 1.54) is 32.1 Å². The third-order valence-corrected chi connectivity index (χ3v) is 3.47. The Kier molecular flexibility index (Phi) is 7.14. The van der Waals surface area contributed by atoms with Crippen LogP contribution < -0.4 is 5.73 Å². The van der Waals surface area contributed by atoms with Crippen LogP contribution in [-0.2, 0) is 0 Å². The normalized spacial score (nSPS) is 12.6. The molecule has 0 amide bonds. The molecule has 0 saturated carbocycles. The van der Waals surface area contributed by atoms with E-state index in [1.54, 1.807) is 12.1 Å². The maximum Gasteiger partial charge on any atom is 0.0809 e. The Morgan fingerprint density at radius 3 is 2.50 bits per heavy atom. The van der Waals surface area contributed by atoms with Crippen LogP contribution in [0.4, 0.5) is 5.69 Å². The molecular formula is C15H24ClNO. The summed E-state index contributed by atoms with van der Waals surface area (Å²) in [5, 5.41) is 10.7. The molecule has 0 heterocycles. The molecule has 0 radical (unpaired) electrons. The fourth-order valence-corrected chi connectivity index (χ4v) is 2.30. The van der Waals surface area contributed by atoms with Gasteiger partial charge in [-0.3, -0.25) is 0 Å². The molecule has 0 aliphatic rings. The van der Waals surface area contributed by atoms with Gasteiger partial charge in [0, 0.05) is 16.3 Å². The van der Waals surface area contributed by atoms with E-state index in [-0.39, 0.29) is 0 Å². The molecular weight excluding hydrogens is 246 g/mol. The van der Waals surface area contributed by atoms with Crippen molar-refractivity contribution in [3.05, 3.63) is 28.8 Å². The van der Waals surface area contributed by atoms with E-state index in [4.69, 9.17) is 17.3 Å². The molecule has 18 heavy (non-hydrogen) atoms. The molecule has 0 saturated heterocycles. The fraction of sp³-hybridized carbons (Fsp3) is 0.600. The lowest BCUT2D eigenvalue weighted by Gasteiger charge is -2.13. The Bertz CT molecular complexity index is 354. The van der Waals surface area contributed by atoms with Crippen LogP contribution in [0.3, 0.4) is 0 Å². The van der Waals surface area contributed by atoms with Gasteiger partial charge in [-0.25, -0.2) is 0 Å². The lowest BCUT2D eigenvalue weighted by Crippen LogP contribution is -2.02. The first kappa shape index (κ1) is 15.3. The van der Waals surface area contributed by atoms with Crippen molar-refractivity contribution in [3.8, 4) is 0 Å². The molecule has 1 aromatic rings. The molecule has 1 aromatic carbocycles. The van der Waals surface area contributed by atoms with Crippen molar-refractivity contribution in [3.63, 3.8) is 0 Å². The number of anilines is 1. The topological polar surface area (TPSA) is 46.2 Å².